The maximum atomic E-state index is 6.25. The number of nitrogen functional groups attached to an aromatic ring is 1. The lowest BCUT2D eigenvalue weighted by atomic mass is 10.1. The van der Waals surface area contributed by atoms with Crippen LogP contribution in [-0.2, 0) is 6.42 Å². The van der Waals surface area contributed by atoms with Gasteiger partial charge in [0.1, 0.15) is 12.0 Å². The van der Waals surface area contributed by atoms with E-state index in [1.807, 2.05) is 26.0 Å². The number of anilines is 5. The smallest absolute Gasteiger partial charge is 0.188 e. The molecule has 7 heteroatoms. The van der Waals surface area contributed by atoms with Crippen LogP contribution in [0.3, 0.4) is 0 Å². The Bertz CT molecular complexity index is 853. The highest BCUT2D eigenvalue weighted by Gasteiger charge is 2.11. The summed E-state index contributed by atoms with van der Waals surface area (Å²) in [6.45, 7) is 6.23. The van der Waals surface area contributed by atoms with Crippen LogP contribution < -0.4 is 16.4 Å². The summed E-state index contributed by atoms with van der Waals surface area (Å²) in [6, 6.07) is 8.37. The van der Waals surface area contributed by atoms with E-state index in [-0.39, 0.29) is 0 Å². The molecule has 2 aromatic heterocycles. The highest BCUT2D eigenvalue weighted by molar-refractivity contribution is 7.15. The number of hydrogen-bond acceptors (Lipinski definition) is 7. The molecule has 136 valence electrons. The first-order valence-corrected chi connectivity index (χ1v) is 9.56. The average molecular weight is 369 g/mol. The molecule has 0 saturated carbocycles. The second-order valence-electron chi connectivity index (χ2n) is 6.20. The zero-order chi connectivity index (χ0) is 18.5. The molecule has 0 bridgehead atoms. The molecule has 0 spiro atoms. The van der Waals surface area contributed by atoms with Crippen LogP contribution in [0.1, 0.15) is 35.9 Å². The standard InChI is InChI=1S/C19H24N6S/c1-4-5-6-14-7-9-15(10-8-14)24-17-16(20)18(22-11-21-17)25-19-23-12(2)13(3)26-19/h7-11H,4-6,20H2,1-3H3,(H2,21,22,23,24,25). The van der Waals surface area contributed by atoms with Crippen molar-refractivity contribution in [2.75, 3.05) is 16.4 Å². The summed E-state index contributed by atoms with van der Waals surface area (Å²) in [6.07, 6.45) is 5.00. The Morgan fingerprint density at radius 2 is 1.73 bits per heavy atom. The Morgan fingerprint density at radius 1 is 1.04 bits per heavy atom. The van der Waals surface area contributed by atoms with Crippen molar-refractivity contribution in [3.05, 3.63) is 46.7 Å². The molecule has 0 unspecified atom stereocenters. The number of nitrogens with zero attached hydrogens (tertiary/aromatic N) is 3. The van der Waals surface area contributed by atoms with Crippen molar-refractivity contribution in [1.29, 1.82) is 0 Å². The molecule has 0 fully saturated rings. The van der Waals surface area contributed by atoms with Gasteiger partial charge in [-0.3, -0.25) is 0 Å². The minimum Gasteiger partial charge on any atom is -0.393 e. The Hall–Kier alpha value is -2.67. The molecule has 0 aliphatic carbocycles. The quantitative estimate of drug-likeness (QED) is 0.546. The van der Waals surface area contributed by atoms with Gasteiger partial charge in [0.25, 0.3) is 0 Å². The minimum absolute atomic E-state index is 0.466. The van der Waals surface area contributed by atoms with Crippen LogP contribution >= 0.6 is 11.3 Å². The summed E-state index contributed by atoms with van der Waals surface area (Å²) < 4.78 is 0. The fourth-order valence-electron chi connectivity index (χ4n) is 2.49. The maximum absolute atomic E-state index is 6.25. The third-order valence-electron chi connectivity index (χ3n) is 4.17. The number of rotatable bonds is 7. The zero-order valence-electron chi connectivity index (χ0n) is 15.3. The Morgan fingerprint density at radius 3 is 2.35 bits per heavy atom. The van der Waals surface area contributed by atoms with E-state index in [0.29, 0.717) is 17.3 Å². The minimum atomic E-state index is 0.466. The maximum Gasteiger partial charge on any atom is 0.188 e. The molecular formula is C19H24N6S. The van der Waals surface area contributed by atoms with E-state index >= 15 is 0 Å². The fraction of sp³-hybridized carbons (Fsp3) is 0.316. The first-order valence-electron chi connectivity index (χ1n) is 8.74. The highest BCUT2D eigenvalue weighted by atomic mass is 32.1. The second kappa shape index (κ2) is 8.14. The van der Waals surface area contributed by atoms with Gasteiger partial charge in [-0.2, -0.15) is 0 Å². The van der Waals surface area contributed by atoms with Crippen LogP contribution in [0.5, 0.6) is 0 Å². The largest absolute Gasteiger partial charge is 0.393 e. The molecule has 0 aliphatic heterocycles. The monoisotopic (exact) mass is 368 g/mol. The van der Waals surface area contributed by atoms with Crippen molar-refractivity contribution in [3.63, 3.8) is 0 Å². The highest BCUT2D eigenvalue weighted by Crippen LogP contribution is 2.30. The summed E-state index contributed by atoms with van der Waals surface area (Å²) in [5, 5.41) is 7.22. The van der Waals surface area contributed by atoms with Crippen LogP contribution in [0.2, 0.25) is 0 Å². The molecule has 1 aromatic carbocycles. The van der Waals surface area contributed by atoms with Gasteiger partial charge in [0.15, 0.2) is 16.8 Å². The van der Waals surface area contributed by atoms with E-state index in [9.17, 15) is 0 Å². The molecule has 2 heterocycles. The van der Waals surface area contributed by atoms with Crippen molar-refractivity contribution in [2.24, 2.45) is 0 Å². The number of unbranched alkanes of at least 4 members (excludes halogenated alkanes) is 1. The molecule has 4 N–H and O–H groups in total. The van der Waals surface area contributed by atoms with Gasteiger partial charge in [-0.25, -0.2) is 15.0 Å². The van der Waals surface area contributed by atoms with Gasteiger partial charge in [-0.15, -0.1) is 11.3 Å². The van der Waals surface area contributed by atoms with E-state index in [1.54, 1.807) is 11.3 Å². The molecule has 6 nitrogen and oxygen atoms in total. The first-order chi connectivity index (χ1) is 12.6. The Balaban J connectivity index is 1.74. The predicted molar refractivity (Wildman–Crippen MR) is 110 cm³/mol. The summed E-state index contributed by atoms with van der Waals surface area (Å²) >= 11 is 1.58. The van der Waals surface area contributed by atoms with Gasteiger partial charge in [-0.05, 0) is 44.4 Å². The van der Waals surface area contributed by atoms with Crippen LogP contribution in [-0.4, -0.2) is 15.0 Å². The lowest BCUT2D eigenvalue weighted by Crippen LogP contribution is -2.05. The summed E-state index contributed by atoms with van der Waals surface area (Å²) in [7, 11) is 0. The second-order valence-corrected chi connectivity index (χ2v) is 7.40. The normalized spacial score (nSPS) is 10.7. The fourth-order valence-corrected chi connectivity index (χ4v) is 3.31. The third kappa shape index (κ3) is 4.29. The van der Waals surface area contributed by atoms with E-state index < -0.39 is 0 Å². The van der Waals surface area contributed by atoms with Crippen LogP contribution in [0.4, 0.5) is 28.1 Å². The van der Waals surface area contributed by atoms with Crippen LogP contribution in [0, 0.1) is 13.8 Å². The predicted octanol–water partition coefficient (Wildman–Crippen LogP) is 4.96. The summed E-state index contributed by atoms with van der Waals surface area (Å²) in [5.74, 6) is 1.13. The molecular weight excluding hydrogens is 344 g/mol. The molecule has 0 atom stereocenters. The van der Waals surface area contributed by atoms with Gasteiger partial charge in [-0.1, -0.05) is 25.5 Å². The molecule has 0 saturated heterocycles. The molecule has 26 heavy (non-hydrogen) atoms. The van der Waals surface area contributed by atoms with Crippen molar-refractivity contribution in [2.45, 2.75) is 40.0 Å². The van der Waals surface area contributed by atoms with Gasteiger partial charge < -0.3 is 16.4 Å². The number of aromatic nitrogens is 3. The average Bonchev–Trinajstić information content (AvgIpc) is 2.95. The van der Waals surface area contributed by atoms with E-state index in [4.69, 9.17) is 5.73 Å². The number of aryl methyl sites for hydroxylation is 3. The summed E-state index contributed by atoms with van der Waals surface area (Å²) in [4.78, 5) is 14.1. The van der Waals surface area contributed by atoms with Gasteiger partial charge >= 0.3 is 0 Å². The van der Waals surface area contributed by atoms with Crippen molar-refractivity contribution < 1.29 is 0 Å². The SMILES string of the molecule is CCCCc1ccc(Nc2ncnc(Nc3nc(C)c(C)s3)c2N)cc1. The van der Waals surface area contributed by atoms with E-state index in [2.05, 4.69) is 44.6 Å². The van der Waals surface area contributed by atoms with Crippen molar-refractivity contribution >= 4 is 39.5 Å². The van der Waals surface area contributed by atoms with E-state index in [0.717, 1.165) is 22.9 Å². The third-order valence-corrected chi connectivity index (χ3v) is 5.16. The number of benzene rings is 1. The summed E-state index contributed by atoms with van der Waals surface area (Å²) in [5.41, 5.74) is 10.0. The zero-order valence-corrected chi connectivity index (χ0v) is 16.2. The first kappa shape index (κ1) is 18.1. The molecule has 3 aromatic rings. The Labute approximate surface area is 157 Å². The lowest BCUT2D eigenvalue weighted by molar-refractivity contribution is 0.795. The van der Waals surface area contributed by atoms with Crippen molar-refractivity contribution in [3.8, 4) is 0 Å². The Kier molecular flexibility index (Phi) is 5.68. The topological polar surface area (TPSA) is 88.8 Å². The lowest BCUT2D eigenvalue weighted by Gasteiger charge is -2.12. The van der Waals surface area contributed by atoms with E-state index in [1.165, 1.54) is 29.6 Å². The number of hydrogen-bond donors (Lipinski definition) is 3. The molecule has 0 radical (unpaired) electrons. The van der Waals surface area contributed by atoms with Crippen LogP contribution in [0.15, 0.2) is 30.6 Å². The number of thiazole rings is 1. The van der Waals surface area contributed by atoms with Gasteiger partial charge in [0.2, 0.25) is 0 Å². The molecule has 0 amide bonds. The van der Waals surface area contributed by atoms with Crippen LogP contribution in [0.25, 0.3) is 0 Å². The number of nitrogens with one attached hydrogen (secondary N) is 2. The number of nitrogens with two attached hydrogens (primary N) is 1. The van der Waals surface area contributed by atoms with Gasteiger partial charge in [0, 0.05) is 10.6 Å². The molecule has 3 rings (SSSR count). The molecule has 0 aliphatic rings. The van der Waals surface area contributed by atoms with Gasteiger partial charge in [0.05, 0.1) is 5.69 Å². The van der Waals surface area contributed by atoms with Crippen molar-refractivity contribution in [1.82, 2.24) is 15.0 Å².